The molecule has 1 aromatic rings. The molecule has 1 heterocycles. The molecule has 0 unspecified atom stereocenters. The molecule has 2 aliphatic rings. The van der Waals surface area contributed by atoms with E-state index in [9.17, 15) is 18.4 Å². The number of likely N-dealkylation sites (N-methyl/N-ethyl adjacent to an activating group) is 1. The largest absolute Gasteiger partial charge is 0.495 e. The summed E-state index contributed by atoms with van der Waals surface area (Å²) < 4.78 is 37.2. The zero-order chi connectivity index (χ0) is 16.9. The van der Waals surface area contributed by atoms with Crippen LogP contribution in [0, 0.1) is 11.8 Å². The quantitative estimate of drug-likeness (QED) is 0.795. The number of alkyl halides is 2. The lowest BCUT2D eigenvalue weighted by molar-refractivity contribution is -0.146. The standard InChI is InChI=1S/C16H17F2NO4/c1-4-23-14(20)11-10(13(17)18)16(11)8-6-5-7-9(22-3)12(8)19(2)15(16)21/h5-7,10-11,13H,4H2,1-3H3/t10-,11-,16+/m1/s1. The third kappa shape index (κ3) is 1.82. The van der Waals surface area contributed by atoms with Gasteiger partial charge in [-0.1, -0.05) is 12.1 Å². The topological polar surface area (TPSA) is 55.8 Å². The maximum Gasteiger partial charge on any atom is 0.310 e. The van der Waals surface area contributed by atoms with Crippen LogP contribution in [0.4, 0.5) is 14.5 Å². The molecular weight excluding hydrogens is 308 g/mol. The Kier molecular flexibility index (Phi) is 3.54. The van der Waals surface area contributed by atoms with Crippen LogP contribution in [-0.2, 0) is 19.7 Å². The van der Waals surface area contributed by atoms with Gasteiger partial charge >= 0.3 is 5.97 Å². The average Bonchev–Trinajstić information content (AvgIpc) is 3.19. The van der Waals surface area contributed by atoms with Crippen LogP contribution < -0.4 is 9.64 Å². The highest BCUT2D eigenvalue weighted by atomic mass is 19.3. The fraction of sp³-hybridized carbons (Fsp3) is 0.500. The second-order valence-electron chi connectivity index (χ2n) is 5.68. The zero-order valence-corrected chi connectivity index (χ0v) is 13.0. The first kappa shape index (κ1) is 15.7. The molecule has 5 nitrogen and oxygen atoms in total. The van der Waals surface area contributed by atoms with Crippen LogP contribution in [0.2, 0.25) is 0 Å². The molecule has 1 saturated carbocycles. The van der Waals surface area contributed by atoms with Gasteiger partial charge in [-0.05, 0) is 18.6 Å². The SMILES string of the molecule is CCOC(=O)[C@H]1[C@H](C(F)F)[C@]12C(=O)N(C)c1c(OC)cccc12. The van der Waals surface area contributed by atoms with Crippen molar-refractivity contribution in [1.82, 2.24) is 0 Å². The van der Waals surface area contributed by atoms with Gasteiger partial charge in [0.2, 0.25) is 12.3 Å². The molecule has 0 bridgehead atoms. The molecule has 1 spiro atoms. The van der Waals surface area contributed by atoms with E-state index < -0.39 is 35.6 Å². The van der Waals surface area contributed by atoms with E-state index in [4.69, 9.17) is 9.47 Å². The lowest BCUT2D eigenvalue weighted by Gasteiger charge is -2.13. The minimum absolute atomic E-state index is 0.0797. The van der Waals surface area contributed by atoms with Crippen molar-refractivity contribution in [2.75, 3.05) is 25.7 Å². The van der Waals surface area contributed by atoms with Gasteiger partial charge in [0.15, 0.2) is 0 Å². The van der Waals surface area contributed by atoms with Crippen LogP contribution in [0.1, 0.15) is 12.5 Å². The lowest BCUT2D eigenvalue weighted by atomic mass is 9.93. The first-order chi connectivity index (χ1) is 10.9. The van der Waals surface area contributed by atoms with E-state index in [1.54, 1.807) is 25.1 Å². The van der Waals surface area contributed by atoms with E-state index >= 15 is 0 Å². The van der Waals surface area contributed by atoms with Gasteiger partial charge < -0.3 is 14.4 Å². The maximum absolute atomic E-state index is 13.5. The number of ether oxygens (including phenoxy) is 2. The van der Waals surface area contributed by atoms with E-state index in [2.05, 4.69) is 0 Å². The molecule has 7 heteroatoms. The minimum Gasteiger partial charge on any atom is -0.495 e. The molecule has 124 valence electrons. The molecule has 1 amide bonds. The Balaban J connectivity index is 2.16. The summed E-state index contributed by atoms with van der Waals surface area (Å²) in [6.07, 6.45) is -2.79. The molecule has 1 aliphatic carbocycles. The van der Waals surface area contributed by atoms with Gasteiger partial charge in [0.25, 0.3) is 0 Å². The van der Waals surface area contributed by atoms with Gasteiger partial charge in [-0.2, -0.15) is 0 Å². The summed E-state index contributed by atoms with van der Waals surface area (Å²) in [4.78, 5) is 26.2. The van der Waals surface area contributed by atoms with Crippen molar-refractivity contribution in [2.24, 2.45) is 11.8 Å². The summed E-state index contributed by atoms with van der Waals surface area (Å²) in [7, 11) is 2.95. The number of benzene rings is 1. The molecule has 1 aliphatic heterocycles. The van der Waals surface area contributed by atoms with Crippen molar-refractivity contribution in [1.29, 1.82) is 0 Å². The molecular formula is C16H17F2NO4. The molecule has 23 heavy (non-hydrogen) atoms. The van der Waals surface area contributed by atoms with Crippen molar-refractivity contribution >= 4 is 17.6 Å². The Morgan fingerprint density at radius 2 is 2.13 bits per heavy atom. The number of rotatable bonds is 4. The Hall–Kier alpha value is -2.18. The number of nitrogens with zero attached hydrogens (tertiary/aromatic N) is 1. The van der Waals surface area contributed by atoms with Gasteiger partial charge in [-0.15, -0.1) is 0 Å². The number of hydrogen-bond donors (Lipinski definition) is 0. The molecule has 1 aromatic carbocycles. The number of anilines is 1. The molecule has 0 aromatic heterocycles. The van der Waals surface area contributed by atoms with Gasteiger partial charge in [0.1, 0.15) is 5.75 Å². The van der Waals surface area contributed by atoms with Crippen molar-refractivity contribution in [3.63, 3.8) is 0 Å². The van der Waals surface area contributed by atoms with E-state index in [-0.39, 0.29) is 6.61 Å². The van der Waals surface area contributed by atoms with E-state index in [0.717, 1.165) is 0 Å². The van der Waals surface area contributed by atoms with Crippen LogP contribution >= 0.6 is 0 Å². The number of carbonyl (C=O) groups is 2. The molecule has 1 fully saturated rings. The summed E-state index contributed by atoms with van der Waals surface area (Å²) in [5, 5.41) is 0. The number of halogens is 2. The number of carbonyl (C=O) groups excluding carboxylic acids is 2. The number of amides is 1. The van der Waals surface area contributed by atoms with Crippen molar-refractivity contribution in [3.8, 4) is 5.75 Å². The highest BCUT2D eigenvalue weighted by molar-refractivity contribution is 6.15. The first-order valence-electron chi connectivity index (χ1n) is 7.33. The second-order valence-corrected chi connectivity index (χ2v) is 5.68. The normalized spacial score (nSPS) is 28.3. The monoisotopic (exact) mass is 325 g/mol. The number of methoxy groups -OCH3 is 1. The highest BCUT2D eigenvalue weighted by Gasteiger charge is 2.80. The second kappa shape index (κ2) is 5.18. The first-order valence-corrected chi connectivity index (χ1v) is 7.33. The summed E-state index contributed by atoms with van der Waals surface area (Å²) >= 11 is 0. The minimum atomic E-state index is -2.79. The van der Waals surface area contributed by atoms with Gasteiger partial charge in [-0.3, -0.25) is 9.59 Å². The van der Waals surface area contributed by atoms with Crippen LogP contribution in [0.5, 0.6) is 5.75 Å². The Labute approximate surface area is 132 Å². The third-order valence-electron chi connectivity index (χ3n) is 4.74. The Morgan fingerprint density at radius 3 is 2.70 bits per heavy atom. The number of fused-ring (bicyclic) bond motifs is 2. The predicted molar refractivity (Wildman–Crippen MR) is 77.7 cm³/mol. The van der Waals surface area contributed by atoms with E-state index in [0.29, 0.717) is 17.0 Å². The smallest absolute Gasteiger partial charge is 0.310 e. The molecule has 0 radical (unpaired) electrons. The number of para-hydroxylation sites is 1. The average molecular weight is 325 g/mol. The van der Waals surface area contributed by atoms with Crippen LogP contribution in [0.15, 0.2) is 18.2 Å². The van der Waals surface area contributed by atoms with Gasteiger partial charge in [0, 0.05) is 7.05 Å². The molecule has 3 rings (SSSR count). The summed E-state index contributed by atoms with van der Waals surface area (Å²) in [5.41, 5.74) is -0.691. The lowest BCUT2D eigenvalue weighted by Crippen LogP contribution is -2.32. The Bertz CT molecular complexity index is 678. The van der Waals surface area contributed by atoms with Crippen LogP contribution in [-0.4, -0.2) is 39.1 Å². The van der Waals surface area contributed by atoms with Crippen molar-refractivity contribution in [2.45, 2.75) is 18.8 Å². The summed E-state index contributed by atoms with van der Waals surface area (Å²) in [6, 6.07) is 4.89. The zero-order valence-electron chi connectivity index (χ0n) is 13.0. The van der Waals surface area contributed by atoms with E-state index in [1.165, 1.54) is 19.1 Å². The van der Waals surface area contributed by atoms with Crippen molar-refractivity contribution in [3.05, 3.63) is 23.8 Å². The molecule has 3 atom stereocenters. The molecule has 0 saturated heterocycles. The van der Waals surface area contributed by atoms with Gasteiger partial charge in [0.05, 0.1) is 36.7 Å². The maximum atomic E-state index is 13.5. The third-order valence-corrected chi connectivity index (χ3v) is 4.74. The van der Waals surface area contributed by atoms with Gasteiger partial charge in [-0.25, -0.2) is 8.78 Å². The fourth-order valence-corrected chi connectivity index (χ4v) is 3.81. The molecule has 0 N–H and O–H groups in total. The Morgan fingerprint density at radius 1 is 1.43 bits per heavy atom. The van der Waals surface area contributed by atoms with Crippen LogP contribution in [0.3, 0.4) is 0 Å². The number of hydrogen-bond acceptors (Lipinski definition) is 4. The summed E-state index contributed by atoms with van der Waals surface area (Å²) in [5.74, 6) is -3.39. The van der Waals surface area contributed by atoms with Crippen LogP contribution in [0.25, 0.3) is 0 Å². The van der Waals surface area contributed by atoms with Crippen molar-refractivity contribution < 1.29 is 27.8 Å². The summed E-state index contributed by atoms with van der Waals surface area (Å²) in [6.45, 7) is 1.68. The number of esters is 1. The van der Waals surface area contributed by atoms with E-state index in [1.807, 2.05) is 0 Å². The highest BCUT2D eigenvalue weighted by Crippen LogP contribution is 2.69. The predicted octanol–water partition coefficient (Wildman–Crippen LogP) is 1.98. The fourth-order valence-electron chi connectivity index (χ4n) is 3.81.